The van der Waals surface area contributed by atoms with E-state index in [2.05, 4.69) is 5.32 Å². The molecule has 0 bridgehead atoms. The van der Waals surface area contributed by atoms with Crippen LogP contribution in [-0.4, -0.2) is 24.1 Å². The van der Waals surface area contributed by atoms with Gasteiger partial charge in [-0.1, -0.05) is 17.7 Å². The lowest BCUT2D eigenvalue weighted by molar-refractivity contribution is -0.141. The van der Waals surface area contributed by atoms with Gasteiger partial charge in [-0.2, -0.15) is 0 Å². The first-order chi connectivity index (χ1) is 7.97. The quantitative estimate of drug-likeness (QED) is 0.859. The molecule has 0 saturated carbocycles. The van der Waals surface area contributed by atoms with Gasteiger partial charge < -0.3 is 15.2 Å². The fourth-order valence-electron chi connectivity index (χ4n) is 1.44. The molecule has 1 atom stereocenters. The number of rotatable bonds is 4. The molecule has 1 aromatic rings. The van der Waals surface area contributed by atoms with Crippen LogP contribution in [-0.2, 0) is 9.59 Å². The van der Waals surface area contributed by atoms with Gasteiger partial charge in [0.2, 0.25) is 5.91 Å². The molecule has 0 saturated heterocycles. The first kappa shape index (κ1) is 13.3. The Kier molecular flexibility index (Phi) is 4.34. The zero-order chi connectivity index (χ0) is 13.0. The van der Waals surface area contributed by atoms with E-state index in [1.165, 1.54) is 20.1 Å². The summed E-state index contributed by atoms with van der Waals surface area (Å²) in [6.45, 7) is 1.24. The molecule has 1 rings (SSSR count). The Morgan fingerprint density at radius 2 is 2.12 bits per heavy atom. The van der Waals surface area contributed by atoms with E-state index in [-0.39, 0.29) is 10.6 Å². The molecular formula is C11H12ClNO4. The van der Waals surface area contributed by atoms with Crippen LogP contribution >= 0.6 is 11.6 Å². The summed E-state index contributed by atoms with van der Waals surface area (Å²) in [4.78, 5) is 22.1. The Bertz CT molecular complexity index is 447. The Balaban J connectivity index is 3.26. The van der Waals surface area contributed by atoms with Gasteiger partial charge in [-0.05, 0) is 12.1 Å². The van der Waals surface area contributed by atoms with E-state index >= 15 is 0 Å². The predicted molar refractivity (Wildman–Crippen MR) is 62.2 cm³/mol. The summed E-state index contributed by atoms with van der Waals surface area (Å²) in [5.74, 6) is -1.34. The summed E-state index contributed by atoms with van der Waals surface area (Å²) in [6, 6.07) is 3.53. The zero-order valence-electron chi connectivity index (χ0n) is 9.36. The molecule has 0 aliphatic carbocycles. The zero-order valence-corrected chi connectivity index (χ0v) is 10.1. The molecule has 0 spiro atoms. The van der Waals surface area contributed by atoms with Crippen LogP contribution in [0.5, 0.6) is 5.75 Å². The minimum Gasteiger partial charge on any atom is -0.496 e. The number of benzene rings is 1. The molecule has 1 amide bonds. The standard InChI is InChI=1S/C11H12ClNO4/c1-6(14)13-10(11(15)16)9-7(12)4-3-5-8(9)17-2/h3-5,10H,1-2H3,(H,13,14)(H,15,16). The highest BCUT2D eigenvalue weighted by atomic mass is 35.5. The van der Waals surface area contributed by atoms with E-state index < -0.39 is 17.9 Å². The van der Waals surface area contributed by atoms with Crippen molar-refractivity contribution in [1.82, 2.24) is 5.32 Å². The highest BCUT2D eigenvalue weighted by Crippen LogP contribution is 2.32. The van der Waals surface area contributed by atoms with Crippen LogP contribution in [0.2, 0.25) is 5.02 Å². The number of carboxylic acids is 1. The number of hydrogen-bond acceptors (Lipinski definition) is 3. The summed E-state index contributed by atoms with van der Waals surface area (Å²) in [7, 11) is 1.40. The van der Waals surface area contributed by atoms with Gasteiger partial charge >= 0.3 is 5.97 Å². The van der Waals surface area contributed by atoms with Crippen LogP contribution in [0.15, 0.2) is 18.2 Å². The molecule has 92 valence electrons. The van der Waals surface area contributed by atoms with Gasteiger partial charge in [0.1, 0.15) is 5.75 Å². The van der Waals surface area contributed by atoms with Gasteiger partial charge in [-0.25, -0.2) is 4.79 Å². The Labute approximate surface area is 103 Å². The average Bonchev–Trinajstić information content (AvgIpc) is 2.25. The van der Waals surface area contributed by atoms with Crippen LogP contribution in [0.1, 0.15) is 18.5 Å². The molecule has 0 aliphatic heterocycles. The van der Waals surface area contributed by atoms with E-state index in [0.717, 1.165) is 0 Å². The second-order valence-corrected chi connectivity index (χ2v) is 3.73. The Morgan fingerprint density at radius 1 is 1.47 bits per heavy atom. The van der Waals surface area contributed by atoms with Crippen molar-refractivity contribution in [3.63, 3.8) is 0 Å². The molecule has 2 N–H and O–H groups in total. The van der Waals surface area contributed by atoms with Crippen LogP contribution in [0.4, 0.5) is 0 Å². The third-order valence-corrected chi connectivity index (χ3v) is 2.45. The number of carbonyl (C=O) groups excluding carboxylic acids is 1. The van der Waals surface area contributed by atoms with Crippen molar-refractivity contribution in [3.8, 4) is 5.75 Å². The molecule has 0 fully saturated rings. The smallest absolute Gasteiger partial charge is 0.331 e. The third-order valence-electron chi connectivity index (χ3n) is 2.12. The van der Waals surface area contributed by atoms with Crippen molar-refractivity contribution in [1.29, 1.82) is 0 Å². The Hall–Kier alpha value is -1.75. The maximum Gasteiger partial charge on any atom is 0.331 e. The molecule has 0 aromatic heterocycles. The second kappa shape index (κ2) is 5.54. The number of nitrogens with one attached hydrogen (secondary N) is 1. The average molecular weight is 258 g/mol. The predicted octanol–water partition coefficient (Wildman–Crippen LogP) is 1.61. The fraction of sp³-hybridized carbons (Fsp3) is 0.273. The topological polar surface area (TPSA) is 75.6 Å². The largest absolute Gasteiger partial charge is 0.496 e. The second-order valence-electron chi connectivity index (χ2n) is 3.33. The molecule has 1 unspecified atom stereocenters. The van der Waals surface area contributed by atoms with Gasteiger partial charge in [0.15, 0.2) is 6.04 Å². The third kappa shape index (κ3) is 3.10. The molecule has 0 aliphatic rings. The van der Waals surface area contributed by atoms with Gasteiger partial charge in [0, 0.05) is 12.5 Å². The SMILES string of the molecule is COc1cccc(Cl)c1C(NC(C)=O)C(=O)O. The van der Waals surface area contributed by atoms with E-state index in [1.807, 2.05) is 0 Å². The van der Waals surface area contributed by atoms with Crippen LogP contribution in [0.25, 0.3) is 0 Å². The Morgan fingerprint density at radius 3 is 2.59 bits per heavy atom. The summed E-state index contributed by atoms with van der Waals surface area (Å²) < 4.78 is 5.04. The van der Waals surface area contributed by atoms with E-state index in [9.17, 15) is 9.59 Å². The molecule has 0 radical (unpaired) electrons. The first-order valence-corrected chi connectivity index (χ1v) is 5.17. The van der Waals surface area contributed by atoms with Crippen molar-refractivity contribution < 1.29 is 19.4 Å². The minimum absolute atomic E-state index is 0.227. The molecule has 17 heavy (non-hydrogen) atoms. The molecule has 6 heteroatoms. The maximum atomic E-state index is 11.1. The number of methoxy groups -OCH3 is 1. The van der Waals surface area contributed by atoms with Crippen LogP contribution in [0, 0.1) is 0 Å². The van der Waals surface area contributed by atoms with Gasteiger partial charge in [0.25, 0.3) is 0 Å². The number of aliphatic carboxylic acids is 1. The highest BCUT2D eigenvalue weighted by molar-refractivity contribution is 6.31. The number of halogens is 1. The highest BCUT2D eigenvalue weighted by Gasteiger charge is 2.26. The van der Waals surface area contributed by atoms with Crippen LogP contribution in [0.3, 0.4) is 0 Å². The summed E-state index contributed by atoms with van der Waals surface area (Å²) in [5, 5.41) is 11.6. The number of ether oxygens (including phenoxy) is 1. The van der Waals surface area contributed by atoms with Crippen molar-refractivity contribution in [3.05, 3.63) is 28.8 Å². The van der Waals surface area contributed by atoms with Crippen LogP contribution < -0.4 is 10.1 Å². The number of amides is 1. The lowest BCUT2D eigenvalue weighted by Gasteiger charge is -2.17. The molecule has 0 heterocycles. The number of carboxylic acid groups (broad SMARTS) is 1. The van der Waals surface area contributed by atoms with Gasteiger partial charge in [-0.15, -0.1) is 0 Å². The fourth-order valence-corrected chi connectivity index (χ4v) is 1.71. The van der Waals surface area contributed by atoms with E-state index in [1.54, 1.807) is 12.1 Å². The molecule has 5 nitrogen and oxygen atoms in total. The summed E-state index contributed by atoms with van der Waals surface area (Å²) in [5.41, 5.74) is 0.236. The monoisotopic (exact) mass is 257 g/mol. The molecule has 1 aromatic carbocycles. The van der Waals surface area contributed by atoms with Crippen molar-refractivity contribution in [2.24, 2.45) is 0 Å². The number of carbonyl (C=O) groups is 2. The molecular weight excluding hydrogens is 246 g/mol. The lowest BCUT2D eigenvalue weighted by Crippen LogP contribution is -2.32. The van der Waals surface area contributed by atoms with Crippen molar-refractivity contribution >= 4 is 23.5 Å². The van der Waals surface area contributed by atoms with Gasteiger partial charge in [-0.3, -0.25) is 4.79 Å². The normalized spacial score (nSPS) is 11.7. The maximum absolute atomic E-state index is 11.1. The van der Waals surface area contributed by atoms with Crippen molar-refractivity contribution in [2.45, 2.75) is 13.0 Å². The van der Waals surface area contributed by atoms with E-state index in [0.29, 0.717) is 5.75 Å². The van der Waals surface area contributed by atoms with Crippen molar-refractivity contribution in [2.75, 3.05) is 7.11 Å². The van der Waals surface area contributed by atoms with Gasteiger partial charge in [0.05, 0.1) is 12.1 Å². The van der Waals surface area contributed by atoms with E-state index in [4.69, 9.17) is 21.4 Å². The summed E-state index contributed by atoms with van der Waals surface area (Å²) >= 11 is 5.94. The lowest BCUT2D eigenvalue weighted by atomic mass is 10.1. The summed E-state index contributed by atoms with van der Waals surface area (Å²) in [6.07, 6.45) is 0. The first-order valence-electron chi connectivity index (χ1n) is 4.79. The minimum atomic E-state index is -1.23. The number of hydrogen-bond donors (Lipinski definition) is 2.